The zero-order valence-electron chi connectivity index (χ0n) is 11.9. The molecular weight excluding hydrogens is 361 g/mol. The average Bonchev–Trinajstić information content (AvgIpc) is 2.44. The topological polar surface area (TPSA) is 35.6 Å². The van der Waals surface area contributed by atoms with Gasteiger partial charge in [-0.3, -0.25) is 9.69 Å². The van der Waals surface area contributed by atoms with Crippen LogP contribution in [0.3, 0.4) is 0 Å². The number of hydrogen-bond acceptors (Lipinski definition) is 3. The third-order valence-corrected chi connectivity index (χ3v) is 4.09. The molecule has 21 heavy (non-hydrogen) atoms. The Morgan fingerprint density at radius 1 is 1.33 bits per heavy atom. The van der Waals surface area contributed by atoms with Gasteiger partial charge < -0.3 is 10.2 Å². The Kier molecular flexibility index (Phi) is 7.59. The van der Waals surface area contributed by atoms with E-state index in [0.29, 0.717) is 11.0 Å². The predicted octanol–water partition coefficient (Wildman–Crippen LogP) is 1.87. The van der Waals surface area contributed by atoms with E-state index >= 15 is 0 Å². The molecule has 1 fully saturated rings. The molecule has 1 N–H and O–H groups in total. The molecular formula is C14H20BrClFN3O. The number of benzene rings is 1. The number of amides is 1. The van der Waals surface area contributed by atoms with E-state index in [2.05, 4.69) is 26.1 Å². The van der Waals surface area contributed by atoms with Crippen molar-refractivity contribution in [1.82, 2.24) is 15.1 Å². The van der Waals surface area contributed by atoms with Gasteiger partial charge in [0, 0.05) is 32.7 Å². The SMILES string of the molecule is CNCC(=O)N1CCN(Cc2ccc(Br)c(F)c2)CC1.Cl. The number of piperazine rings is 1. The molecule has 1 heterocycles. The van der Waals surface area contributed by atoms with E-state index in [0.717, 1.165) is 38.3 Å². The van der Waals surface area contributed by atoms with Crippen molar-refractivity contribution in [2.75, 3.05) is 39.8 Å². The number of nitrogens with zero attached hydrogens (tertiary/aromatic N) is 2. The Morgan fingerprint density at radius 2 is 2.00 bits per heavy atom. The van der Waals surface area contributed by atoms with Crippen molar-refractivity contribution in [2.24, 2.45) is 0 Å². The van der Waals surface area contributed by atoms with Crippen LogP contribution in [-0.2, 0) is 11.3 Å². The molecule has 0 radical (unpaired) electrons. The summed E-state index contributed by atoms with van der Waals surface area (Å²) in [6.07, 6.45) is 0. The molecule has 1 aliphatic heterocycles. The molecule has 118 valence electrons. The number of carbonyl (C=O) groups is 1. The first kappa shape index (κ1) is 18.4. The number of rotatable bonds is 4. The summed E-state index contributed by atoms with van der Waals surface area (Å²) in [5.41, 5.74) is 0.959. The molecule has 1 aliphatic rings. The normalized spacial score (nSPS) is 15.7. The van der Waals surface area contributed by atoms with Gasteiger partial charge in [-0.25, -0.2) is 4.39 Å². The molecule has 0 aromatic heterocycles. The van der Waals surface area contributed by atoms with Gasteiger partial charge in [0.15, 0.2) is 0 Å². The Morgan fingerprint density at radius 3 is 2.57 bits per heavy atom. The third-order valence-electron chi connectivity index (χ3n) is 3.44. The van der Waals surface area contributed by atoms with Crippen molar-refractivity contribution in [3.63, 3.8) is 0 Å². The molecule has 0 bridgehead atoms. The van der Waals surface area contributed by atoms with Gasteiger partial charge in [0.2, 0.25) is 5.91 Å². The van der Waals surface area contributed by atoms with E-state index in [9.17, 15) is 9.18 Å². The maximum atomic E-state index is 13.5. The lowest BCUT2D eigenvalue weighted by molar-refractivity contribution is -0.131. The van der Waals surface area contributed by atoms with E-state index in [1.807, 2.05) is 11.0 Å². The summed E-state index contributed by atoms with van der Waals surface area (Å²) in [6, 6.07) is 5.21. The summed E-state index contributed by atoms with van der Waals surface area (Å²) in [5.74, 6) is -0.0906. The minimum Gasteiger partial charge on any atom is -0.339 e. The van der Waals surface area contributed by atoms with Gasteiger partial charge in [0.1, 0.15) is 5.82 Å². The van der Waals surface area contributed by atoms with Crippen LogP contribution in [-0.4, -0.2) is 55.5 Å². The number of likely N-dealkylation sites (N-methyl/N-ethyl adjacent to an activating group) is 1. The van der Waals surface area contributed by atoms with E-state index in [1.54, 1.807) is 19.2 Å². The number of halogens is 3. The highest BCUT2D eigenvalue weighted by Crippen LogP contribution is 2.18. The summed E-state index contributed by atoms with van der Waals surface area (Å²) >= 11 is 3.15. The molecule has 2 rings (SSSR count). The fourth-order valence-corrected chi connectivity index (χ4v) is 2.56. The van der Waals surface area contributed by atoms with Crippen LogP contribution in [0.15, 0.2) is 22.7 Å². The van der Waals surface area contributed by atoms with Gasteiger partial charge in [0.25, 0.3) is 0 Å². The number of hydrogen-bond donors (Lipinski definition) is 1. The zero-order valence-corrected chi connectivity index (χ0v) is 14.3. The Bertz CT molecular complexity index is 481. The number of nitrogens with one attached hydrogen (secondary N) is 1. The van der Waals surface area contributed by atoms with Crippen LogP contribution < -0.4 is 5.32 Å². The van der Waals surface area contributed by atoms with Crippen molar-refractivity contribution < 1.29 is 9.18 Å². The minimum atomic E-state index is -0.231. The first-order valence-corrected chi connectivity index (χ1v) is 7.48. The first-order chi connectivity index (χ1) is 9.60. The quantitative estimate of drug-likeness (QED) is 0.866. The van der Waals surface area contributed by atoms with Crippen LogP contribution >= 0.6 is 28.3 Å². The van der Waals surface area contributed by atoms with Crippen LogP contribution in [0.4, 0.5) is 4.39 Å². The molecule has 1 amide bonds. The Labute approximate surface area is 139 Å². The smallest absolute Gasteiger partial charge is 0.236 e. The van der Waals surface area contributed by atoms with E-state index in [4.69, 9.17) is 0 Å². The molecule has 1 aromatic rings. The lowest BCUT2D eigenvalue weighted by atomic mass is 10.2. The van der Waals surface area contributed by atoms with Gasteiger partial charge in [0.05, 0.1) is 11.0 Å². The highest BCUT2D eigenvalue weighted by Gasteiger charge is 2.20. The van der Waals surface area contributed by atoms with E-state index < -0.39 is 0 Å². The molecule has 0 atom stereocenters. The lowest BCUT2D eigenvalue weighted by Gasteiger charge is -2.34. The van der Waals surface area contributed by atoms with E-state index in [1.165, 1.54) is 0 Å². The summed E-state index contributed by atoms with van der Waals surface area (Å²) < 4.78 is 14.0. The van der Waals surface area contributed by atoms with Crippen LogP contribution in [0.5, 0.6) is 0 Å². The maximum Gasteiger partial charge on any atom is 0.236 e. The van der Waals surface area contributed by atoms with Crippen molar-refractivity contribution in [2.45, 2.75) is 6.54 Å². The van der Waals surface area contributed by atoms with Gasteiger partial charge >= 0.3 is 0 Å². The molecule has 0 saturated carbocycles. The zero-order chi connectivity index (χ0) is 14.5. The Hall–Kier alpha value is -0.690. The minimum absolute atomic E-state index is 0. The largest absolute Gasteiger partial charge is 0.339 e. The van der Waals surface area contributed by atoms with Crippen LogP contribution in [0.1, 0.15) is 5.56 Å². The van der Waals surface area contributed by atoms with Crippen LogP contribution in [0, 0.1) is 5.82 Å². The van der Waals surface area contributed by atoms with Crippen molar-refractivity contribution >= 4 is 34.2 Å². The number of carbonyl (C=O) groups excluding carboxylic acids is 1. The highest BCUT2D eigenvalue weighted by molar-refractivity contribution is 9.10. The lowest BCUT2D eigenvalue weighted by Crippen LogP contribution is -2.50. The second-order valence-electron chi connectivity index (χ2n) is 4.94. The van der Waals surface area contributed by atoms with E-state index in [-0.39, 0.29) is 24.1 Å². The van der Waals surface area contributed by atoms with Gasteiger partial charge in [-0.15, -0.1) is 12.4 Å². The van der Waals surface area contributed by atoms with Gasteiger partial charge in [-0.1, -0.05) is 6.07 Å². The fourth-order valence-electron chi connectivity index (χ4n) is 2.31. The third kappa shape index (κ3) is 5.21. The highest BCUT2D eigenvalue weighted by atomic mass is 79.9. The summed E-state index contributed by atoms with van der Waals surface area (Å²) in [6.45, 7) is 4.23. The molecule has 0 spiro atoms. The van der Waals surface area contributed by atoms with Crippen LogP contribution in [0.25, 0.3) is 0 Å². The van der Waals surface area contributed by atoms with Crippen LogP contribution in [0.2, 0.25) is 0 Å². The van der Waals surface area contributed by atoms with Gasteiger partial charge in [-0.2, -0.15) is 0 Å². The summed E-state index contributed by atoms with van der Waals surface area (Å²) in [7, 11) is 1.77. The van der Waals surface area contributed by atoms with Crippen molar-refractivity contribution in [3.05, 3.63) is 34.1 Å². The molecule has 1 aromatic carbocycles. The average molecular weight is 381 g/mol. The summed E-state index contributed by atoms with van der Waals surface area (Å²) in [4.78, 5) is 15.8. The molecule has 7 heteroatoms. The van der Waals surface area contributed by atoms with Crippen molar-refractivity contribution in [3.8, 4) is 0 Å². The monoisotopic (exact) mass is 379 g/mol. The first-order valence-electron chi connectivity index (χ1n) is 6.69. The van der Waals surface area contributed by atoms with Gasteiger partial charge in [-0.05, 0) is 40.7 Å². The molecule has 0 aliphatic carbocycles. The fraction of sp³-hybridized carbons (Fsp3) is 0.500. The summed E-state index contributed by atoms with van der Waals surface area (Å²) in [5, 5.41) is 2.88. The molecule has 0 unspecified atom stereocenters. The second-order valence-corrected chi connectivity index (χ2v) is 5.79. The second kappa shape index (κ2) is 8.68. The Balaban J connectivity index is 0.00000220. The molecule has 4 nitrogen and oxygen atoms in total. The predicted molar refractivity (Wildman–Crippen MR) is 87.1 cm³/mol. The standard InChI is InChI=1S/C14H19BrFN3O.ClH/c1-17-9-14(20)19-6-4-18(5-7-19)10-11-2-3-12(15)13(16)8-11;/h2-3,8,17H,4-7,9-10H2,1H3;1H. The molecule has 1 saturated heterocycles. The van der Waals surface area contributed by atoms with Crippen molar-refractivity contribution in [1.29, 1.82) is 0 Å². The maximum absolute atomic E-state index is 13.5.